The maximum absolute atomic E-state index is 5.70. The lowest BCUT2D eigenvalue weighted by Gasteiger charge is -2.04. The quantitative estimate of drug-likeness (QED) is 0.624. The van der Waals surface area contributed by atoms with Gasteiger partial charge in [-0.3, -0.25) is 0 Å². The molecule has 1 unspecified atom stereocenters. The Labute approximate surface area is 76.0 Å². The van der Waals surface area contributed by atoms with Crippen LogP contribution in [-0.2, 0) is 6.42 Å². The second kappa shape index (κ2) is 2.59. The van der Waals surface area contributed by atoms with Crippen LogP contribution in [0.3, 0.4) is 0 Å². The van der Waals surface area contributed by atoms with Gasteiger partial charge in [-0.25, -0.2) is 9.97 Å². The van der Waals surface area contributed by atoms with Crippen molar-refractivity contribution in [1.29, 1.82) is 0 Å². The van der Waals surface area contributed by atoms with E-state index in [4.69, 9.17) is 17.3 Å². The zero-order chi connectivity index (χ0) is 8.72. The van der Waals surface area contributed by atoms with Gasteiger partial charge in [0, 0.05) is 5.56 Å². The molecule has 0 saturated heterocycles. The maximum Gasteiger partial charge on any atom is 0.224 e. The van der Waals surface area contributed by atoms with Crippen LogP contribution in [0.2, 0.25) is 5.28 Å². The molecular weight excluding hydrogens is 174 g/mol. The van der Waals surface area contributed by atoms with Gasteiger partial charge in [-0.1, -0.05) is 6.92 Å². The van der Waals surface area contributed by atoms with Gasteiger partial charge in [-0.05, 0) is 30.4 Å². The van der Waals surface area contributed by atoms with E-state index in [1.807, 2.05) is 0 Å². The Morgan fingerprint density at radius 1 is 1.50 bits per heavy atom. The lowest BCUT2D eigenvalue weighted by molar-refractivity contribution is 0.730. The molecule has 1 heterocycles. The van der Waals surface area contributed by atoms with Gasteiger partial charge in [-0.15, -0.1) is 0 Å². The van der Waals surface area contributed by atoms with E-state index in [0.29, 0.717) is 11.7 Å². The Bertz CT molecular complexity index is 324. The van der Waals surface area contributed by atoms with Gasteiger partial charge in [0.25, 0.3) is 0 Å². The number of nitrogens with zero attached hydrogens (tertiary/aromatic N) is 2. The molecule has 0 radical (unpaired) electrons. The SMILES string of the molecule is CC1CCc2c(N)nc(Cl)nc21. The standard InChI is InChI=1S/C8H10ClN3/c1-4-2-3-5-6(4)11-8(9)12-7(5)10/h4H,2-3H2,1H3,(H2,10,11,12). The lowest BCUT2D eigenvalue weighted by atomic mass is 10.1. The predicted molar refractivity (Wildman–Crippen MR) is 48.2 cm³/mol. The van der Waals surface area contributed by atoms with Crippen LogP contribution in [0, 0.1) is 0 Å². The van der Waals surface area contributed by atoms with Crippen molar-refractivity contribution in [3.63, 3.8) is 0 Å². The number of nitrogen functional groups attached to an aromatic ring is 1. The third-order valence-electron chi connectivity index (χ3n) is 2.34. The molecule has 12 heavy (non-hydrogen) atoms. The van der Waals surface area contributed by atoms with Crippen molar-refractivity contribution in [1.82, 2.24) is 9.97 Å². The fraction of sp³-hybridized carbons (Fsp3) is 0.500. The zero-order valence-corrected chi connectivity index (χ0v) is 7.60. The van der Waals surface area contributed by atoms with Crippen LogP contribution in [0.15, 0.2) is 0 Å². The summed E-state index contributed by atoms with van der Waals surface area (Å²) in [7, 11) is 0. The number of nitrogens with two attached hydrogens (primary N) is 1. The second-order valence-corrected chi connectivity index (χ2v) is 3.52. The van der Waals surface area contributed by atoms with Gasteiger partial charge < -0.3 is 5.73 Å². The van der Waals surface area contributed by atoms with E-state index in [-0.39, 0.29) is 5.28 Å². The van der Waals surface area contributed by atoms with Crippen LogP contribution in [-0.4, -0.2) is 9.97 Å². The minimum Gasteiger partial charge on any atom is -0.383 e. The molecule has 2 rings (SSSR count). The summed E-state index contributed by atoms with van der Waals surface area (Å²) in [5, 5.41) is 0.264. The molecule has 0 aliphatic heterocycles. The Balaban J connectivity index is 2.60. The van der Waals surface area contributed by atoms with Crippen molar-refractivity contribution >= 4 is 17.4 Å². The molecule has 2 N–H and O–H groups in total. The van der Waals surface area contributed by atoms with Crippen molar-refractivity contribution in [2.75, 3.05) is 5.73 Å². The van der Waals surface area contributed by atoms with Gasteiger partial charge in [-0.2, -0.15) is 0 Å². The Morgan fingerprint density at radius 2 is 2.25 bits per heavy atom. The summed E-state index contributed by atoms with van der Waals surface area (Å²) in [6, 6.07) is 0. The molecule has 4 heteroatoms. The summed E-state index contributed by atoms with van der Waals surface area (Å²) < 4.78 is 0. The average molecular weight is 184 g/mol. The zero-order valence-electron chi connectivity index (χ0n) is 6.84. The highest BCUT2D eigenvalue weighted by Gasteiger charge is 2.23. The second-order valence-electron chi connectivity index (χ2n) is 3.18. The minimum absolute atomic E-state index is 0.264. The Kier molecular flexibility index (Phi) is 1.68. The number of hydrogen-bond donors (Lipinski definition) is 1. The predicted octanol–water partition coefficient (Wildman–Crippen LogP) is 1.76. The van der Waals surface area contributed by atoms with E-state index in [0.717, 1.165) is 24.1 Å². The number of aromatic nitrogens is 2. The van der Waals surface area contributed by atoms with Crippen molar-refractivity contribution in [2.24, 2.45) is 0 Å². The molecule has 0 fully saturated rings. The molecule has 0 saturated carbocycles. The molecular formula is C8H10ClN3. The largest absolute Gasteiger partial charge is 0.383 e. The summed E-state index contributed by atoms with van der Waals surface area (Å²) in [6.45, 7) is 2.13. The fourth-order valence-electron chi connectivity index (χ4n) is 1.65. The maximum atomic E-state index is 5.70. The van der Waals surface area contributed by atoms with Gasteiger partial charge in [0.1, 0.15) is 5.82 Å². The molecule has 1 aliphatic carbocycles. The summed E-state index contributed by atoms with van der Waals surface area (Å²) in [5.74, 6) is 1.03. The molecule has 3 nitrogen and oxygen atoms in total. The van der Waals surface area contributed by atoms with Gasteiger partial charge >= 0.3 is 0 Å². The number of halogens is 1. The van der Waals surface area contributed by atoms with E-state index in [1.54, 1.807) is 0 Å². The summed E-state index contributed by atoms with van der Waals surface area (Å²) >= 11 is 5.69. The van der Waals surface area contributed by atoms with Gasteiger partial charge in [0.2, 0.25) is 5.28 Å². The molecule has 1 atom stereocenters. The van der Waals surface area contributed by atoms with E-state index >= 15 is 0 Å². The number of anilines is 1. The van der Waals surface area contributed by atoms with Crippen molar-refractivity contribution < 1.29 is 0 Å². The van der Waals surface area contributed by atoms with Crippen molar-refractivity contribution in [3.8, 4) is 0 Å². The smallest absolute Gasteiger partial charge is 0.224 e. The normalized spacial score (nSPS) is 21.0. The van der Waals surface area contributed by atoms with Crippen molar-refractivity contribution in [3.05, 3.63) is 16.5 Å². The van der Waals surface area contributed by atoms with Gasteiger partial charge in [0.15, 0.2) is 0 Å². The summed E-state index contributed by atoms with van der Waals surface area (Å²) in [5.41, 5.74) is 7.82. The molecule has 0 aromatic carbocycles. The first-order valence-electron chi connectivity index (χ1n) is 4.00. The average Bonchev–Trinajstić information content (AvgIpc) is 2.33. The highest BCUT2D eigenvalue weighted by molar-refractivity contribution is 6.28. The molecule has 0 bridgehead atoms. The minimum atomic E-state index is 0.264. The monoisotopic (exact) mass is 183 g/mol. The molecule has 0 spiro atoms. The molecule has 1 aromatic rings. The Morgan fingerprint density at radius 3 is 3.00 bits per heavy atom. The van der Waals surface area contributed by atoms with E-state index < -0.39 is 0 Å². The van der Waals surface area contributed by atoms with Crippen LogP contribution >= 0.6 is 11.6 Å². The number of hydrogen-bond acceptors (Lipinski definition) is 3. The van der Waals surface area contributed by atoms with E-state index in [9.17, 15) is 0 Å². The topological polar surface area (TPSA) is 51.8 Å². The van der Waals surface area contributed by atoms with Gasteiger partial charge in [0.05, 0.1) is 5.69 Å². The summed E-state index contributed by atoms with van der Waals surface area (Å²) in [6.07, 6.45) is 2.09. The van der Waals surface area contributed by atoms with Crippen LogP contribution in [0.4, 0.5) is 5.82 Å². The fourth-order valence-corrected chi connectivity index (χ4v) is 1.83. The van der Waals surface area contributed by atoms with E-state index in [1.165, 1.54) is 0 Å². The van der Waals surface area contributed by atoms with Crippen LogP contribution in [0.25, 0.3) is 0 Å². The first-order valence-corrected chi connectivity index (χ1v) is 4.38. The van der Waals surface area contributed by atoms with Crippen LogP contribution < -0.4 is 5.73 Å². The molecule has 0 amide bonds. The highest BCUT2D eigenvalue weighted by atomic mass is 35.5. The first-order chi connectivity index (χ1) is 5.68. The lowest BCUT2D eigenvalue weighted by Crippen LogP contribution is -2.01. The molecule has 1 aromatic heterocycles. The van der Waals surface area contributed by atoms with Crippen LogP contribution in [0.5, 0.6) is 0 Å². The van der Waals surface area contributed by atoms with Crippen molar-refractivity contribution in [2.45, 2.75) is 25.7 Å². The third kappa shape index (κ3) is 1.05. The Hall–Kier alpha value is -0.830. The summed E-state index contributed by atoms with van der Waals surface area (Å²) in [4.78, 5) is 8.08. The molecule has 64 valence electrons. The highest BCUT2D eigenvalue weighted by Crippen LogP contribution is 2.34. The molecule has 1 aliphatic rings. The number of fused-ring (bicyclic) bond motifs is 1. The first kappa shape index (κ1) is 7.80. The van der Waals surface area contributed by atoms with E-state index in [2.05, 4.69) is 16.9 Å². The number of rotatable bonds is 0. The third-order valence-corrected chi connectivity index (χ3v) is 2.51. The van der Waals surface area contributed by atoms with Crippen LogP contribution in [0.1, 0.15) is 30.5 Å².